The molecule has 1 amide bonds. The molecule has 0 bridgehead atoms. The van der Waals surface area contributed by atoms with Gasteiger partial charge in [-0.2, -0.15) is 4.98 Å². The fourth-order valence-corrected chi connectivity index (χ4v) is 4.82. The second kappa shape index (κ2) is 4.91. The topological polar surface area (TPSA) is 84.1 Å². The van der Waals surface area contributed by atoms with Gasteiger partial charge in [-0.25, -0.2) is 4.79 Å². The van der Waals surface area contributed by atoms with Gasteiger partial charge in [-0.1, -0.05) is 12.8 Å². The lowest BCUT2D eigenvalue weighted by molar-refractivity contribution is -0.126. The molecule has 1 saturated heterocycles. The highest BCUT2D eigenvalue weighted by molar-refractivity contribution is 5.92. The number of hydrogen-bond donors (Lipinski definition) is 2. The number of hydrogen-bond acceptors (Lipinski definition) is 4. The van der Waals surface area contributed by atoms with Crippen molar-refractivity contribution in [1.29, 1.82) is 0 Å². The Kier molecular flexibility index (Phi) is 3.11. The first-order chi connectivity index (χ1) is 10.6. The molecule has 22 heavy (non-hydrogen) atoms. The van der Waals surface area contributed by atoms with Crippen LogP contribution in [0.1, 0.15) is 48.3 Å². The van der Waals surface area contributed by atoms with E-state index in [0.29, 0.717) is 17.7 Å². The van der Waals surface area contributed by atoms with Gasteiger partial charge in [0.05, 0.1) is 6.10 Å². The van der Waals surface area contributed by atoms with Crippen molar-refractivity contribution in [3.63, 3.8) is 0 Å². The molecule has 118 valence electrons. The number of carbonyl (C=O) groups excluding carboxylic acids is 1. The van der Waals surface area contributed by atoms with Gasteiger partial charge >= 0.3 is 5.69 Å². The number of carbonyl (C=O) groups is 1. The van der Waals surface area contributed by atoms with Crippen molar-refractivity contribution in [1.82, 2.24) is 15.3 Å². The Morgan fingerprint density at radius 1 is 1.45 bits per heavy atom. The molecule has 3 atom stereocenters. The first-order valence-corrected chi connectivity index (χ1v) is 8.11. The van der Waals surface area contributed by atoms with Crippen LogP contribution in [0.2, 0.25) is 0 Å². The Hall–Kier alpha value is -1.69. The van der Waals surface area contributed by atoms with Gasteiger partial charge in [-0.15, -0.1) is 0 Å². The molecular weight excluding hydrogens is 282 g/mol. The Balaban J connectivity index is 1.57. The predicted octanol–water partition coefficient (Wildman–Crippen LogP) is 1.16. The molecular formula is C16H21N3O3. The van der Waals surface area contributed by atoms with E-state index in [1.54, 1.807) is 13.0 Å². The molecule has 1 aliphatic heterocycles. The van der Waals surface area contributed by atoms with Crippen molar-refractivity contribution in [2.24, 2.45) is 11.3 Å². The number of amides is 1. The highest BCUT2D eigenvalue weighted by atomic mass is 16.5. The number of fused-ring (bicyclic) bond motifs is 2. The summed E-state index contributed by atoms with van der Waals surface area (Å²) in [5, 5.41) is 3.16. The summed E-state index contributed by atoms with van der Waals surface area (Å²) in [6.07, 6.45) is 6.00. The van der Waals surface area contributed by atoms with E-state index >= 15 is 0 Å². The molecule has 0 radical (unpaired) electrons. The van der Waals surface area contributed by atoms with Crippen LogP contribution in [0.25, 0.3) is 0 Å². The Morgan fingerprint density at radius 3 is 2.95 bits per heavy atom. The highest BCUT2D eigenvalue weighted by Crippen LogP contribution is 2.60. The minimum atomic E-state index is -0.476. The molecule has 3 fully saturated rings. The van der Waals surface area contributed by atoms with Crippen LogP contribution in [0.3, 0.4) is 0 Å². The summed E-state index contributed by atoms with van der Waals surface area (Å²) in [6, 6.07) is 1.79. The molecule has 1 aromatic heterocycles. The summed E-state index contributed by atoms with van der Waals surface area (Å²) >= 11 is 0. The van der Waals surface area contributed by atoms with E-state index in [1.165, 1.54) is 12.8 Å². The Bertz CT molecular complexity index is 663. The molecule has 2 saturated carbocycles. The maximum atomic E-state index is 12.5. The van der Waals surface area contributed by atoms with E-state index in [9.17, 15) is 9.59 Å². The molecule has 0 aromatic carbocycles. The van der Waals surface area contributed by atoms with Crippen LogP contribution in [0.5, 0.6) is 0 Å². The minimum absolute atomic E-state index is 0.118. The smallest absolute Gasteiger partial charge is 0.345 e. The van der Waals surface area contributed by atoms with E-state index in [-0.39, 0.29) is 23.1 Å². The molecule has 6 nitrogen and oxygen atoms in total. The molecule has 1 spiro atoms. The molecule has 2 N–H and O–H groups in total. The van der Waals surface area contributed by atoms with Gasteiger partial charge in [-0.05, 0) is 32.3 Å². The normalized spacial score (nSPS) is 31.8. The highest BCUT2D eigenvalue weighted by Gasteiger charge is 2.65. The van der Waals surface area contributed by atoms with Gasteiger partial charge in [0.15, 0.2) is 0 Å². The first kappa shape index (κ1) is 13.9. The predicted molar refractivity (Wildman–Crippen MR) is 79.6 cm³/mol. The quantitative estimate of drug-likeness (QED) is 0.858. The van der Waals surface area contributed by atoms with E-state index in [1.807, 2.05) is 0 Å². The number of ether oxygens (including phenoxy) is 1. The van der Waals surface area contributed by atoms with Crippen molar-refractivity contribution >= 4 is 5.91 Å². The summed E-state index contributed by atoms with van der Waals surface area (Å²) in [5.41, 5.74) is 0.497. The third-order valence-corrected chi connectivity index (χ3v) is 5.68. The van der Waals surface area contributed by atoms with Crippen LogP contribution in [0.4, 0.5) is 0 Å². The zero-order chi connectivity index (χ0) is 15.3. The molecule has 2 heterocycles. The number of rotatable bonds is 2. The average molecular weight is 303 g/mol. The lowest BCUT2D eigenvalue weighted by Gasteiger charge is -2.56. The van der Waals surface area contributed by atoms with Crippen molar-refractivity contribution < 1.29 is 9.53 Å². The molecule has 0 unspecified atom stereocenters. The van der Waals surface area contributed by atoms with E-state index in [4.69, 9.17) is 4.74 Å². The Morgan fingerprint density at radius 2 is 2.23 bits per heavy atom. The van der Waals surface area contributed by atoms with Crippen LogP contribution in [-0.4, -0.2) is 34.6 Å². The molecule has 6 heteroatoms. The van der Waals surface area contributed by atoms with Crippen molar-refractivity contribution in [3.8, 4) is 0 Å². The van der Waals surface area contributed by atoms with E-state index in [2.05, 4.69) is 15.3 Å². The zero-order valence-electron chi connectivity index (χ0n) is 12.7. The molecule has 4 rings (SSSR count). The van der Waals surface area contributed by atoms with Crippen LogP contribution < -0.4 is 11.0 Å². The standard InChI is InChI=1S/C16H21N3O3/c1-9-8-11(18-15(21)17-9)14(20)19-12-10-4-7-22-13(10)16(12)5-2-3-6-16/h8,10,12-13H,2-7H2,1H3,(H,19,20)(H,17,18,21)/t10-,12-,13+/m1/s1. The van der Waals surface area contributed by atoms with E-state index < -0.39 is 5.69 Å². The molecule has 3 aliphatic rings. The number of aromatic amines is 1. The van der Waals surface area contributed by atoms with Crippen molar-refractivity contribution in [3.05, 3.63) is 27.9 Å². The summed E-state index contributed by atoms with van der Waals surface area (Å²) in [5.74, 6) is 0.181. The van der Waals surface area contributed by atoms with Gasteiger partial charge in [0, 0.05) is 29.7 Å². The fourth-order valence-electron chi connectivity index (χ4n) is 4.82. The van der Waals surface area contributed by atoms with Gasteiger partial charge in [0.25, 0.3) is 5.91 Å². The van der Waals surface area contributed by atoms with Crippen LogP contribution >= 0.6 is 0 Å². The van der Waals surface area contributed by atoms with Crippen LogP contribution in [0.15, 0.2) is 10.9 Å². The number of aromatic nitrogens is 2. The molecule has 1 aromatic rings. The number of nitrogens with one attached hydrogen (secondary N) is 2. The lowest BCUT2D eigenvalue weighted by atomic mass is 9.54. The fraction of sp³-hybridized carbons (Fsp3) is 0.688. The summed E-state index contributed by atoms with van der Waals surface area (Å²) in [4.78, 5) is 30.3. The van der Waals surface area contributed by atoms with Crippen molar-refractivity contribution in [2.75, 3.05) is 6.61 Å². The van der Waals surface area contributed by atoms with Crippen LogP contribution in [-0.2, 0) is 4.74 Å². The van der Waals surface area contributed by atoms with E-state index in [0.717, 1.165) is 25.9 Å². The number of nitrogens with zero attached hydrogens (tertiary/aromatic N) is 1. The van der Waals surface area contributed by atoms with Gasteiger partial charge < -0.3 is 15.0 Å². The summed E-state index contributed by atoms with van der Waals surface area (Å²) in [6.45, 7) is 2.55. The average Bonchev–Trinajstić information content (AvgIpc) is 3.11. The number of H-pyrrole nitrogens is 1. The number of aryl methyl sites for hydroxylation is 1. The minimum Gasteiger partial charge on any atom is -0.377 e. The Labute approximate surface area is 128 Å². The van der Waals surface area contributed by atoms with Gasteiger partial charge in [0.1, 0.15) is 5.69 Å². The second-order valence-electron chi connectivity index (χ2n) is 6.89. The third kappa shape index (κ3) is 1.93. The summed E-state index contributed by atoms with van der Waals surface area (Å²) in [7, 11) is 0. The maximum absolute atomic E-state index is 12.5. The van der Waals surface area contributed by atoms with Crippen LogP contribution in [0, 0.1) is 18.3 Å². The largest absolute Gasteiger partial charge is 0.377 e. The first-order valence-electron chi connectivity index (χ1n) is 8.11. The monoisotopic (exact) mass is 303 g/mol. The molecule has 2 aliphatic carbocycles. The lowest BCUT2D eigenvalue weighted by Crippen LogP contribution is -2.68. The third-order valence-electron chi connectivity index (χ3n) is 5.68. The zero-order valence-corrected chi connectivity index (χ0v) is 12.7. The maximum Gasteiger partial charge on any atom is 0.345 e. The summed E-state index contributed by atoms with van der Waals surface area (Å²) < 4.78 is 5.92. The van der Waals surface area contributed by atoms with Gasteiger partial charge in [-0.3, -0.25) is 4.79 Å². The second-order valence-corrected chi connectivity index (χ2v) is 6.89. The van der Waals surface area contributed by atoms with Crippen molar-refractivity contribution in [2.45, 2.75) is 51.2 Å². The van der Waals surface area contributed by atoms with Gasteiger partial charge in [0.2, 0.25) is 0 Å². The SMILES string of the molecule is Cc1cc(C(=O)N[C@@H]2[C@H]3CCO[C@@H]3C23CCCC3)nc(=O)[nH]1.